The summed E-state index contributed by atoms with van der Waals surface area (Å²) in [6, 6.07) is 0. The van der Waals surface area contributed by atoms with Gasteiger partial charge in [-0.25, -0.2) is 0 Å². The molecule has 6 nitrogen and oxygen atoms in total. The van der Waals surface area contributed by atoms with Crippen molar-refractivity contribution in [2.75, 3.05) is 13.2 Å². The number of allylic oxidation sites excluding steroid dienone is 20. The van der Waals surface area contributed by atoms with E-state index in [1.54, 1.807) is 0 Å². The Bertz CT molecular complexity index is 1650. The predicted octanol–water partition coefficient (Wildman–Crippen LogP) is 23.2. The summed E-state index contributed by atoms with van der Waals surface area (Å²) in [6.45, 7) is 6.41. The second-order valence-electron chi connectivity index (χ2n) is 22.0. The molecule has 0 spiro atoms. The highest BCUT2D eigenvalue weighted by molar-refractivity contribution is 5.71. The van der Waals surface area contributed by atoms with Gasteiger partial charge in [-0.3, -0.25) is 14.4 Å². The zero-order valence-electron chi connectivity index (χ0n) is 52.3. The van der Waals surface area contributed by atoms with Crippen molar-refractivity contribution in [2.24, 2.45) is 0 Å². The van der Waals surface area contributed by atoms with Crippen molar-refractivity contribution < 1.29 is 28.6 Å². The van der Waals surface area contributed by atoms with Gasteiger partial charge in [-0.1, -0.05) is 290 Å². The predicted molar refractivity (Wildman–Crippen MR) is 348 cm³/mol. The third-order valence-corrected chi connectivity index (χ3v) is 14.2. The summed E-state index contributed by atoms with van der Waals surface area (Å²) in [6.07, 6.45) is 93.7. The van der Waals surface area contributed by atoms with E-state index in [4.69, 9.17) is 14.2 Å². The molecule has 0 aromatic heterocycles. The topological polar surface area (TPSA) is 78.9 Å². The summed E-state index contributed by atoms with van der Waals surface area (Å²) >= 11 is 0. The second-order valence-corrected chi connectivity index (χ2v) is 22.0. The average Bonchev–Trinajstić information content (AvgIpc) is 3.46. The highest BCUT2D eigenvalue weighted by Gasteiger charge is 2.19. The second kappa shape index (κ2) is 67.3. The molecule has 0 saturated carbocycles. The van der Waals surface area contributed by atoms with Gasteiger partial charge < -0.3 is 14.2 Å². The molecule has 0 bridgehead atoms. The minimum atomic E-state index is -0.792. The summed E-state index contributed by atoms with van der Waals surface area (Å²) in [5.74, 6) is -0.910. The van der Waals surface area contributed by atoms with E-state index in [-0.39, 0.29) is 31.1 Å². The molecular formula is C74H124O6. The van der Waals surface area contributed by atoms with Gasteiger partial charge >= 0.3 is 17.9 Å². The van der Waals surface area contributed by atoms with Crippen LogP contribution in [0.1, 0.15) is 310 Å². The Morgan fingerprint density at radius 3 is 0.812 bits per heavy atom. The van der Waals surface area contributed by atoms with E-state index in [0.717, 1.165) is 154 Å². The zero-order chi connectivity index (χ0) is 57.8. The number of hydrogen-bond donors (Lipinski definition) is 0. The first-order valence-electron chi connectivity index (χ1n) is 33.5. The molecule has 0 aromatic rings. The number of unbranched alkanes of at least 4 members (excludes halogenated alkanes) is 29. The lowest BCUT2D eigenvalue weighted by atomic mass is 10.0. The zero-order valence-corrected chi connectivity index (χ0v) is 52.3. The van der Waals surface area contributed by atoms with Crippen molar-refractivity contribution in [3.05, 3.63) is 122 Å². The maximum absolute atomic E-state index is 12.9. The van der Waals surface area contributed by atoms with Crippen molar-refractivity contribution in [1.82, 2.24) is 0 Å². The van der Waals surface area contributed by atoms with Gasteiger partial charge in [0.15, 0.2) is 6.10 Å². The lowest BCUT2D eigenvalue weighted by molar-refractivity contribution is -0.167. The van der Waals surface area contributed by atoms with Gasteiger partial charge in [0.25, 0.3) is 0 Å². The van der Waals surface area contributed by atoms with Crippen LogP contribution in [0.5, 0.6) is 0 Å². The fourth-order valence-corrected chi connectivity index (χ4v) is 9.15. The molecule has 0 heterocycles. The quantitative estimate of drug-likeness (QED) is 0.0261. The molecule has 0 amide bonds. The standard InChI is InChI=1S/C74H124O6/c1-4-7-10-13-16-19-22-25-27-28-29-30-31-32-33-34-35-36-37-38-39-40-41-42-43-44-45-46-47-50-52-55-58-61-64-67-73(76)79-70-71(69-78-72(75)66-63-60-57-54-51-48-24-21-18-15-12-9-6-3)80-74(77)68-65-62-59-56-53-49-26-23-20-17-14-11-8-5-2/h7,10,12,14-17,19,21,23-27,29-30,32-33,35-36,71H,4-6,8-9,11,13,18,20,22,28,31,34,37-70H2,1-3H3/b10-7-,15-12-,17-14-,19-16-,24-21-,26-23-,27-25-,30-29-,33-32-,36-35-. The molecule has 0 N–H and O–H groups in total. The maximum atomic E-state index is 12.9. The Balaban J connectivity index is 4.14. The van der Waals surface area contributed by atoms with E-state index in [1.165, 1.54) is 116 Å². The van der Waals surface area contributed by atoms with Crippen LogP contribution in [-0.4, -0.2) is 37.2 Å². The van der Waals surface area contributed by atoms with Crippen LogP contribution >= 0.6 is 0 Å². The summed E-state index contributed by atoms with van der Waals surface area (Å²) in [5, 5.41) is 0. The van der Waals surface area contributed by atoms with Crippen LogP contribution in [0.25, 0.3) is 0 Å². The first-order valence-corrected chi connectivity index (χ1v) is 33.5. The minimum Gasteiger partial charge on any atom is -0.462 e. The van der Waals surface area contributed by atoms with E-state index < -0.39 is 6.10 Å². The van der Waals surface area contributed by atoms with Crippen molar-refractivity contribution in [2.45, 2.75) is 316 Å². The van der Waals surface area contributed by atoms with Gasteiger partial charge in [-0.15, -0.1) is 0 Å². The van der Waals surface area contributed by atoms with Crippen LogP contribution in [0.2, 0.25) is 0 Å². The number of hydrogen-bond acceptors (Lipinski definition) is 6. The van der Waals surface area contributed by atoms with Crippen LogP contribution in [0, 0.1) is 0 Å². The number of carbonyl (C=O) groups excluding carboxylic acids is 3. The number of ether oxygens (including phenoxy) is 3. The SMILES string of the molecule is CC/C=C\C/C=C\C/C=C\C/C=C\C/C=C\C/C=C\CCCCCCCCCCCCCCCCCCC(=O)OCC(COC(=O)CCCCCCC/C=C\C/C=C\CCC)OC(=O)CCCCCCC/C=C\C/C=C\CCCC. The third-order valence-electron chi connectivity index (χ3n) is 14.2. The molecule has 0 radical (unpaired) electrons. The fraction of sp³-hybridized carbons (Fsp3) is 0.689. The number of carbonyl (C=O) groups is 3. The van der Waals surface area contributed by atoms with E-state index in [0.29, 0.717) is 19.3 Å². The normalized spacial score (nSPS) is 12.9. The van der Waals surface area contributed by atoms with Crippen molar-refractivity contribution >= 4 is 17.9 Å². The maximum Gasteiger partial charge on any atom is 0.306 e. The molecule has 0 aliphatic heterocycles. The molecule has 80 heavy (non-hydrogen) atoms. The molecule has 0 aromatic carbocycles. The summed E-state index contributed by atoms with van der Waals surface area (Å²) in [5.41, 5.74) is 0. The van der Waals surface area contributed by atoms with Gasteiger partial charge in [0, 0.05) is 19.3 Å². The van der Waals surface area contributed by atoms with Gasteiger partial charge in [0.1, 0.15) is 13.2 Å². The fourth-order valence-electron chi connectivity index (χ4n) is 9.15. The smallest absolute Gasteiger partial charge is 0.306 e. The van der Waals surface area contributed by atoms with Crippen molar-refractivity contribution in [1.29, 1.82) is 0 Å². The monoisotopic (exact) mass is 1110 g/mol. The average molecular weight is 1110 g/mol. The third kappa shape index (κ3) is 64.6. The minimum absolute atomic E-state index is 0.0876. The lowest BCUT2D eigenvalue weighted by Crippen LogP contribution is -2.30. The molecule has 1 atom stereocenters. The molecule has 456 valence electrons. The number of esters is 3. The van der Waals surface area contributed by atoms with Crippen molar-refractivity contribution in [3.8, 4) is 0 Å². The Hall–Kier alpha value is -4.19. The Kier molecular flexibility index (Phi) is 63.8. The highest BCUT2D eigenvalue weighted by Crippen LogP contribution is 2.16. The first kappa shape index (κ1) is 75.8. The molecule has 0 aliphatic rings. The summed E-state index contributed by atoms with van der Waals surface area (Å²) in [4.78, 5) is 38.3. The molecule has 0 fully saturated rings. The van der Waals surface area contributed by atoms with Crippen LogP contribution in [0.4, 0.5) is 0 Å². The van der Waals surface area contributed by atoms with Crippen LogP contribution in [-0.2, 0) is 28.6 Å². The molecule has 0 aliphatic carbocycles. The molecule has 1 unspecified atom stereocenters. The van der Waals surface area contributed by atoms with Gasteiger partial charge in [-0.2, -0.15) is 0 Å². The van der Waals surface area contributed by atoms with Crippen LogP contribution in [0.15, 0.2) is 122 Å². The molecule has 0 rings (SSSR count). The Morgan fingerprint density at radius 2 is 0.512 bits per heavy atom. The number of rotatable bonds is 60. The van der Waals surface area contributed by atoms with Gasteiger partial charge in [-0.05, 0) is 122 Å². The van der Waals surface area contributed by atoms with E-state index in [1.807, 2.05) is 0 Å². The first-order chi connectivity index (χ1) is 39.5. The van der Waals surface area contributed by atoms with Gasteiger partial charge in [0.05, 0.1) is 0 Å². The van der Waals surface area contributed by atoms with E-state index in [9.17, 15) is 14.4 Å². The van der Waals surface area contributed by atoms with Crippen LogP contribution in [0.3, 0.4) is 0 Å². The Labute approximate surface area is 494 Å². The Morgan fingerprint density at radius 1 is 0.263 bits per heavy atom. The summed E-state index contributed by atoms with van der Waals surface area (Å²) in [7, 11) is 0. The van der Waals surface area contributed by atoms with Gasteiger partial charge in [0.2, 0.25) is 0 Å². The van der Waals surface area contributed by atoms with E-state index in [2.05, 4.69) is 142 Å². The molecule has 0 saturated heterocycles. The largest absolute Gasteiger partial charge is 0.462 e. The lowest BCUT2D eigenvalue weighted by Gasteiger charge is -2.18. The van der Waals surface area contributed by atoms with Crippen LogP contribution < -0.4 is 0 Å². The summed E-state index contributed by atoms with van der Waals surface area (Å²) < 4.78 is 16.9. The van der Waals surface area contributed by atoms with Crippen molar-refractivity contribution in [3.63, 3.8) is 0 Å². The molecule has 6 heteroatoms. The van der Waals surface area contributed by atoms with E-state index >= 15 is 0 Å². The highest BCUT2D eigenvalue weighted by atomic mass is 16.6. The molecular weight excluding hydrogens is 985 g/mol.